The zero-order chi connectivity index (χ0) is 9.84. The van der Waals surface area contributed by atoms with Crippen LogP contribution in [0.15, 0.2) is 4.90 Å². The lowest BCUT2D eigenvalue weighted by atomic mass is 10.6. The summed E-state index contributed by atoms with van der Waals surface area (Å²) in [6.07, 6.45) is 1.87. The maximum atomic E-state index is 5.86. The Balaban J connectivity index is 3.20. The van der Waals surface area contributed by atoms with Gasteiger partial charge in [-0.2, -0.15) is 9.97 Å². The number of methoxy groups -OCH3 is 2. The van der Waals surface area contributed by atoms with Crippen LogP contribution in [0.1, 0.15) is 0 Å². The molecule has 0 saturated carbocycles. The second-order valence-electron chi connectivity index (χ2n) is 2.04. The predicted octanol–water partition coefficient (Wildman–Crippen LogP) is 1.87. The zero-order valence-corrected chi connectivity index (χ0v) is 9.07. The smallest absolute Gasteiger partial charge is 0.320 e. The van der Waals surface area contributed by atoms with Gasteiger partial charge in [-0.3, -0.25) is 0 Å². The third kappa shape index (κ3) is 2.16. The number of hydrogen-bond donors (Lipinski definition) is 0. The molecule has 1 aromatic rings. The molecule has 0 spiro atoms. The van der Waals surface area contributed by atoms with Crippen molar-refractivity contribution < 1.29 is 9.47 Å². The maximum Gasteiger partial charge on any atom is 0.320 e. The van der Waals surface area contributed by atoms with Crippen molar-refractivity contribution in [3.05, 3.63) is 5.15 Å². The van der Waals surface area contributed by atoms with Crippen LogP contribution in [0, 0.1) is 0 Å². The van der Waals surface area contributed by atoms with E-state index in [0.29, 0.717) is 15.9 Å². The van der Waals surface area contributed by atoms with E-state index in [-0.39, 0.29) is 6.01 Å². The summed E-state index contributed by atoms with van der Waals surface area (Å²) < 4.78 is 9.86. The Morgan fingerprint density at radius 1 is 1.23 bits per heavy atom. The van der Waals surface area contributed by atoms with Crippen LogP contribution in [0.3, 0.4) is 0 Å². The van der Waals surface area contributed by atoms with Gasteiger partial charge >= 0.3 is 6.01 Å². The van der Waals surface area contributed by atoms with Crippen molar-refractivity contribution in [2.24, 2.45) is 0 Å². The summed E-state index contributed by atoms with van der Waals surface area (Å²) in [7, 11) is 3.00. The average Bonchev–Trinajstić information content (AvgIpc) is 2.16. The SMILES string of the molecule is COc1nc(Cl)c(SC)c(OC)n1. The fourth-order valence-corrected chi connectivity index (χ4v) is 1.69. The largest absolute Gasteiger partial charge is 0.480 e. The number of rotatable bonds is 3. The van der Waals surface area contributed by atoms with Crippen molar-refractivity contribution in [2.45, 2.75) is 4.90 Å². The molecule has 13 heavy (non-hydrogen) atoms. The summed E-state index contributed by atoms with van der Waals surface area (Å²) in [5.41, 5.74) is 0. The molecule has 0 aromatic carbocycles. The first-order valence-electron chi connectivity index (χ1n) is 3.42. The van der Waals surface area contributed by atoms with Crippen molar-refractivity contribution in [1.29, 1.82) is 0 Å². The second-order valence-corrected chi connectivity index (χ2v) is 3.22. The van der Waals surface area contributed by atoms with Crippen molar-refractivity contribution in [2.75, 3.05) is 20.5 Å². The molecule has 6 heteroatoms. The topological polar surface area (TPSA) is 44.2 Å². The Bertz CT molecular complexity index is 309. The third-order valence-corrected chi connectivity index (χ3v) is 2.51. The molecule has 0 atom stereocenters. The monoisotopic (exact) mass is 220 g/mol. The van der Waals surface area contributed by atoms with Gasteiger partial charge in [0.15, 0.2) is 5.15 Å². The van der Waals surface area contributed by atoms with Gasteiger partial charge in [0, 0.05) is 0 Å². The van der Waals surface area contributed by atoms with Gasteiger partial charge in [-0.05, 0) is 6.26 Å². The number of nitrogens with zero attached hydrogens (tertiary/aromatic N) is 2. The second kappa shape index (κ2) is 4.53. The third-order valence-electron chi connectivity index (χ3n) is 1.35. The van der Waals surface area contributed by atoms with Crippen LogP contribution in [0.5, 0.6) is 11.9 Å². The summed E-state index contributed by atoms with van der Waals surface area (Å²) in [6, 6.07) is 0.208. The number of hydrogen-bond acceptors (Lipinski definition) is 5. The predicted molar refractivity (Wildman–Crippen MR) is 51.9 cm³/mol. The minimum atomic E-state index is 0.208. The van der Waals surface area contributed by atoms with Crippen molar-refractivity contribution in [1.82, 2.24) is 9.97 Å². The first-order valence-corrected chi connectivity index (χ1v) is 5.02. The Labute approximate surface area is 85.6 Å². The van der Waals surface area contributed by atoms with E-state index in [4.69, 9.17) is 21.1 Å². The van der Waals surface area contributed by atoms with Gasteiger partial charge in [0.25, 0.3) is 0 Å². The molecule has 0 fully saturated rings. The van der Waals surface area contributed by atoms with Gasteiger partial charge in [0.05, 0.1) is 14.2 Å². The van der Waals surface area contributed by atoms with E-state index in [0.717, 1.165) is 0 Å². The maximum absolute atomic E-state index is 5.86. The molecule has 4 nitrogen and oxygen atoms in total. The van der Waals surface area contributed by atoms with E-state index in [9.17, 15) is 0 Å². The van der Waals surface area contributed by atoms with Gasteiger partial charge in [-0.15, -0.1) is 11.8 Å². The van der Waals surface area contributed by atoms with E-state index in [2.05, 4.69) is 9.97 Å². The van der Waals surface area contributed by atoms with Crippen LogP contribution in [-0.2, 0) is 0 Å². The molecule has 1 rings (SSSR count). The molecule has 0 unspecified atom stereocenters. The average molecular weight is 221 g/mol. The van der Waals surface area contributed by atoms with Crippen LogP contribution in [-0.4, -0.2) is 30.4 Å². The van der Waals surface area contributed by atoms with Gasteiger partial charge in [-0.1, -0.05) is 11.6 Å². The Morgan fingerprint density at radius 2 is 1.92 bits per heavy atom. The fourth-order valence-electron chi connectivity index (χ4n) is 0.787. The minimum Gasteiger partial charge on any atom is -0.480 e. The molecule has 0 saturated heterocycles. The normalized spacial score (nSPS) is 9.85. The summed E-state index contributed by atoms with van der Waals surface area (Å²) in [4.78, 5) is 8.60. The quantitative estimate of drug-likeness (QED) is 0.575. The highest BCUT2D eigenvalue weighted by atomic mass is 35.5. The van der Waals surface area contributed by atoms with E-state index < -0.39 is 0 Å². The molecule has 0 radical (unpaired) electrons. The molecule has 0 N–H and O–H groups in total. The molecule has 0 amide bonds. The lowest BCUT2D eigenvalue weighted by Crippen LogP contribution is -1.98. The van der Waals surface area contributed by atoms with Gasteiger partial charge < -0.3 is 9.47 Å². The number of halogens is 1. The summed E-state index contributed by atoms with van der Waals surface area (Å²) >= 11 is 7.29. The zero-order valence-electron chi connectivity index (χ0n) is 7.50. The van der Waals surface area contributed by atoms with Gasteiger partial charge in [0.1, 0.15) is 4.90 Å². The van der Waals surface area contributed by atoms with E-state index in [1.165, 1.54) is 26.0 Å². The van der Waals surface area contributed by atoms with Crippen LogP contribution < -0.4 is 9.47 Å². The number of aromatic nitrogens is 2. The molecular formula is C7H9ClN2O2S. The van der Waals surface area contributed by atoms with E-state index >= 15 is 0 Å². The highest BCUT2D eigenvalue weighted by Crippen LogP contribution is 2.32. The fraction of sp³-hybridized carbons (Fsp3) is 0.429. The summed E-state index contributed by atoms with van der Waals surface area (Å²) in [6.45, 7) is 0. The standard InChI is InChI=1S/C7H9ClN2O2S/c1-11-6-4(13-3)5(8)9-7(10-6)12-2/h1-3H3. The van der Waals surface area contributed by atoms with Crippen LogP contribution in [0.4, 0.5) is 0 Å². The van der Waals surface area contributed by atoms with Gasteiger partial charge in [0.2, 0.25) is 5.88 Å². The van der Waals surface area contributed by atoms with E-state index in [1.54, 1.807) is 0 Å². The molecule has 0 aliphatic rings. The van der Waals surface area contributed by atoms with Crippen molar-refractivity contribution >= 4 is 23.4 Å². The van der Waals surface area contributed by atoms with Crippen molar-refractivity contribution in [3.63, 3.8) is 0 Å². The van der Waals surface area contributed by atoms with Gasteiger partial charge in [-0.25, -0.2) is 0 Å². The molecule has 0 bridgehead atoms. The van der Waals surface area contributed by atoms with Crippen LogP contribution in [0.25, 0.3) is 0 Å². The molecule has 0 aliphatic heterocycles. The number of ether oxygens (including phenoxy) is 2. The lowest BCUT2D eigenvalue weighted by Gasteiger charge is -2.07. The summed E-state index contributed by atoms with van der Waals surface area (Å²) in [5.74, 6) is 0.435. The molecule has 1 aromatic heterocycles. The molecule has 1 heterocycles. The summed E-state index contributed by atoms with van der Waals surface area (Å²) in [5, 5.41) is 0.344. The van der Waals surface area contributed by atoms with Crippen LogP contribution in [0.2, 0.25) is 5.15 Å². The Morgan fingerprint density at radius 3 is 2.38 bits per heavy atom. The first kappa shape index (κ1) is 10.4. The minimum absolute atomic E-state index is 0.208. The number of thioether (sulfide) groups is 1. The Hall–Kier alpha value is -0.680. The van der Waals surface area contributed by atoms with Crippen molar-refractivity contribution in [3.8, 4) is 11.9 Å². The lowest BCUT2D eigenvalue weighted by molar-refractivity contribution is 0.345. The highest BCUT2D eigenvalue weighted by molar-refractivity contribution is 7.98. The molecular weight excluding hydrogens is 212 g/mol. The van der Waals surface area contributed by atoms with Crippen LogP contribution >= 0.6 is 23.4 Å². The highest BCUT2D eigenvalue weighted by Gasteiger charge is 2.12. The Kier molecular flexibility index (Phi) is 3.62. The first-order chi connectivity index (χ1) is 6.22. The van der Waals surface area contributed by atoms with E-state index in [1.807, 2.05) is 6.26 Å². The molecule has 72 valence electrons. The molecule has 0 aliphatic carbocycles.